The maximum atomic E-state index is 8.88. The summed E-state index contributed by atoms with van der Waals surface area (Å²) in [6.45, 7) is 0.844. The van der Waals surface area contributed by atoms with Crippen LogP contribution in [0.5, 0.6) is 0 Å². The summed E-state index contributed by atoms with van der Waals surface area (Å²) in [5, 5.41) is 8.88. The van der Waals surface area contributed by atoms with Crippen LogP contribution in [0, 0.1) is 23.2 Å². The summed E-state index contributed by atoms with van der Waals surface area (Å²) in [4.78, 5) is 0. The second-order valence-electron chi connectivity index (χ2n) is 5.75. The zero-order chi connectivity index (χ0) is 8.89. The first-order chi connectivity index (χ1) is 6.30. The molecule has 82 valence electrons. The van der Waals surface area contributed by atoms with E-state index in [-0.39, 0.29) is 12.4 Å². The van der Waals surface area contributed by atoms with Gasteiger partial charge in [0.05, 0.1) is 0 Å². The Morgan fingerprint density at radius 3 is 1.79 bits per heavy atom. The van der Waals surface area contributed by atoms with Gasteiger partial charge in [-0.2, -0.15) is 0 Å². The predicted octanol–water partition coefficient (Wildman–Crippen LogP) is 2.60. The molecule has 2 nitrogen and oxygen atoms in total. The molecule has 2 N–H and O–H groups in total. The van der Waals surface area contributed by atoms with Crippen LogP contribution in [-0.4, -0.2) is 11.8 Å². The molecule has 0 atom stereocenters. The van der Waals surface area contributed by atoms with E-state index in [4.69, 9.17) is 5.21 Å². The quantitative estimate of drug-likeness (QED) is 0.697. The smallest absolute Gasteiger partial charge is 0.0264 e. The van der Waals surface area contributed by atoms with Crippen molar-refractivity contribution in [3.8, 4) is 0 Å². The molecule has 0 aromatic rings. The number of halogens is 1. The number of hydrogen-bond acceptors (Lipinski definition) is 2. The van der Waals surface area contributed by atoms with Gasteiger partial charge in [0.25, 0.3) is 0 Å². The second-order valence-corrected chi connectivity index (χ2v) is 5.75. The number of hydroxylamine groups is 1. The first-order valence-corrected chi connectivity index (χ1v) is 5.67. The van der Waals surface area contributed by atoms with E-state index in [1.54, 1.807) is 0 Å². The highest BCUT2D eigenvalue weighted by Crippen LogP contribution is 2.59. The Morgan fingerprint density at radius 2 is 1.43 bits per heavy atom. The standard InChI is InChI=1S/C11H19NO.ClH/c13-12-7-11-4-8-1-9(5-11)3-10(2-8)6-11;/h8-10,12-13H,1-7H2;1H. The highest BCUT2D eigenvalue weighted by molar-refractivity contribution is 5.85. The van der Waals surface area contributed by atoms with Crippen LogP contribution in [0.3, 0.4) is 0 Å². The predicted molar refractivity (Wildman–Crippen MR) is 57.6 cm³/mol. The molecule has 0 unspecified atom stereocenters. The molecule has 4 rings (SSSR count). The van der Waals surface area contributed by atoms with E-state index in [1.807, 2.05) is 0 Å². The molecule has 0 aliphatic heterocycles. The maximum absolute atomic E-state index is 8.88. The summed E-state index contributed by atoms with van der Waals surface area (Å²) in [7, 11) is 0. The molecular formula is C11H20ClNO. The topological polar surface area (TPSA) is 32.3 Å². The molecule has 4 aliphatic rings. The van der Waals surface area contributed by atoms with E-state index >= 15 is 0 Å². The van der Waals surface area contributed by atoms with E-state index in [2.05, 4.69) is 5.48 Å². The zero-order valence-corrected chi connectivity index (χ0v) is 9.35. The van der Waals surface area contributed by atoms with Crippen LogP contribution in [0.15, 0.2) is 0 Å². The Labute approximate surface area is 91.8 Å². The van der Waals surface area contributed by atoms with Crippen molar-refractivity contribution in [1.82, 2.24) is 5.48 Å². The first-order valence-electron chi connectivity index (χ1n) is 5.67. The molecule has 0 heterocycles. The molecule has 4 aliphatic carbocycles. The van der Waals surface area contributed by atoms with Gasteiger partial charge in [-0.05, 0) is 61.7 Å². The molecule has 0 radical (unpaired) electrons. The van der Waals surface area contributed by atoms with Crippen LogP contribution >= 0.6 is 12.4 Å². The Balaban J connectivity index is 0.000000750. The third-order valence-electron chi connectivity index (χ3n) is 4.62. The molecule has 4 saturated carbocycles. The van der Waals surface area contributed by atoms with Gasteiger partial charge in [0.15, 0.2) is 0 Å². The first kappa shape index (κ1) is 10.7. The molecular weight excluding hydrogens is 198 g/mol. The van der Waals surface area contributed by atoms with Crippen molar-refractivity contribution in [2.24, 2.45) is 23.2 Å². The minimum atomic E-state index is 0. The van der Waals surface area contributed by atoms with Crippen molar-refractivity contribution in [2.45, 2.75) is 38.5 Å². The average molecular weight is 218 g/mol. The Morgan fingerprint density at radius 1 is 1.00 bits per heavy atom. The summed E-state index contributed by atoms with van der Waals surface area (Å²) < 4.78 is 0. The Hall–Kier alpha value is 0.210. The van der Waals surface area contributed by atoms with Gasteiger partial charge in [0.2, 0.25) is 0 Å². The van der Waals surface area contributed by atoms with Crippen LogP contribution in [0.4, 0.5) is 0 Å². The Kier molecular flexibility index (Phi) is 2.80. The lowest BCUT2D eigenvalue weighted by Crippen LogP contribution is -2.50. The number of rotatable bonds is 2. The molecule has 0 spiro atoms. The van der Waals surface area contributed by atoms with Crippen LogP contribution in [0.1, 0.15) is 38.5 Å². The average Bonchev–Trinajstić information content (AvgIpc) is 2.00. The lowest BCUT2D eigenvalue weighted by atomic mass is 9.49. The van der Waals surface area contributed by atoms with Crippen molar-refractivity contribution in [2.75, 3.05) is 6.54 Å². The summed E-state index contributed by atoms with van der Waals surface area (Å²) in [5.74, 6) is 3.00. The van der Waals surface area contributed by atoms with Crippen LogP contribution in [0.25, 0.3) is 0 Å². The van der Waals surface area contributed by atoms with Gasteiger partial charge in [-0.25, -0.2) is 5.48 Å². The second kappa shape index (κ2) is 3.66. The molecule has 3 heteroatoms. The number of hydrogen-bond donors (Lipinski definition) is 2. The molecule has 0 amide bonds. The van der Waals surface area contributed by atoms with Crippen LogP contribution in [0.2, 0.25) is 0 Å². The third-order valence-corrected chi connectivity index (χ3v) is 4.62. The maximum Gasteiger partial charge on any atom is 0.0264 e. The highest BCUT2D eigenvalue weighted by atomic mass is 35.5. The fourth-order valence-electron chi connectivity index (χ4n) is 4.67. The SMILES string of the molecule is Cl.ONCC12CC3CC(CC(C3)C1)C2. The van der Waals surface area contributed by atoms with Crippen molar-refractivity contribution < 1.29 is 5.21 Å². The minimum Gasteiger partial charge on any atom is -0.317 e. The minimum absolute atomic E-state index is 0. The van der Waals surface area contributed by atoms with E-state index in [0.717, 1.165) is 24.3 Å². The lowest BCUT2D eigenvalue weighted by molar-refractivity contribution is -0.0664. The van der Waals surface area contributed by atoms with Gasteiger partial charge in [-0.15, -0.1) is 12.4 Å². The molecule has 14 heavy (non-hydrogen) atoms. The largest absolute Gasteiger partial charge is 0.317 e. The molecule has 4 bridgehead atoms. The molecule has 0 saturated heterocycles. The molecule has 0 aromatic heterocycles. The van der Waals surface area contributed by atoms with Crippen LogP contribution < -0.4 is 5.48 Å². The van der Waals surface area contributed by atoms with E-state index in [0.29, 0.717) is 5.41 Å². The van der Waals surface area contributed by atoms with Gasteiger partial charge in [0, 0.05) is 6.54 Å². The fraction of sp³-hybridized carbons (Fsp3) is 1.00. The van der Waals surface area contributed by atoms with Gasteiger partial charge in [0.1, 0.15) is 0 Å². The van der Waals surface area contributed by atoms with Gasteiger partial charge in [-0.1, -0.05) is 0 Å². The molecule has 4 fully saturated rings. The van der Waals surface area contributed by atoms with Gasteiger partial charge >= 0.3 is 0 Å². The monoisotopic (exact) mass is 217 g/mol. The van der Waals surface area contributed by atoms with Gasteiger partial charge in [-0.3, -0.25) is 0 Å². The number of nitrogens with one attached hydrogen (secondary N) is 1. The third kappa shape index (κ3) is 1.58. The fourth-order valence-corrected chi connectivity index (χ4v) is 4.67. The van der Waals surface area contributed by atoms with Crippen LogP contribution in [-0.2, 0) is 0 Å². The van der Waals surface area contributed by atoms with Crippen molar-refractivity contribution in [1.29, 1.82) is 0 Å². The Bertz CT molecular complexity index is 184. The van der Waals surface area contributed by atoms with Crippen molar-refractivity contribution in [3.63, 3.8) is 0 Å². The summed E-state index contributed by atoms with van der Waals surface area (Å²) in [5.41, 5.74) is 2.91. The summed E-state index contributed by atoms with van der Waals surface area (Å²) in [6.07, 6.45) is 8.62. The zero-order valence-electron chi connectivity index (χ0n) is 8.54. The van der Waals surface area contributed by atoms with Crippen molar-refractivity contribution >= 4 is 12.4 Å². The van der Waals surface area contributed by atoms with E-state index in [9.17, 15) is 0 Å². The highest BCUT2D eigenvalue weighted by Gasteiger charge is 2.50. The normalized spacial score (nSPS) is 49.1. The summed E-state index contributed by atoms with van der Waals surface area (Å²) in [6, 6.07) is 0. The van der Waals surface area contributed by atoms with Crippen molar-refractivity contribution in [3.05, 3.63) is 0 Å². The van der Waals surface area contributed by atoms with E-state index < -0.39 is 0 Å². The van der Waals surface area contributed by atoms with Gasteiger partial charge < -0.3 is 5.21 Å². The van der Waals surface area contributed by atoms with E-state index in [1.165, 1.54) is 38.5 Å². The summed E-state index contributed by atoms with van der Waals surface area (Å²) >= 11 is 0. The molecule has 0 aromatic carbocycles. The lowest BCUT2D eigenvalue weighted by Gasteiger charge is -2.56.